The van der Waals surface area contributed by atoms with Crippen LogP contribution in [0.3, 0.4) is 0 Å². The molecule has 0 radical (unpaired) electrons. The van der Waals surface area contributed by atoms with E-state index in [1.165, 1.54) is 4.90 Å². The van der Waals surface area contributed by atoms with Gasteiger partial charge in [-0.1, -0.05) is 42.6 Å². The van der Waals surface area contributed by atoms with Crippen LogP contribution >= 0.6 is 11.6 Å². The van der Waals surface area contributed by atoms with Gasteiger partial charge in [-0.2, -0.15) is 0 Å². The van der Waals surface area contributed by atoms with Crippen molar-refractivity contribution in [3.8, 4) is 0 Å². The van der Waals surface area contributed by atoms with Crippen molar-refractivity contribution in [1.82, 2.24) is 4.90 Å². The van der Waals surface area contributed by atoms with Crippen LogP contribution in [0.5, 0.6) is 0 Å². The Bertz CT molecular complexity index is 627. The van der Waals surface area contributed by atoms with Crippen LogP contribution in [0, 0.1) is 5.41 Å². The summed E-state index contributed by atoms with van der Waals surface area (Å²) < 4.78 is 5.48. The lowest BCUT2D eigenvalue weighted by atomic mass is 9.84. The Labute approximate surface area is 146 Å². The van der Waals surface area contributed by atoms with Crippen molar-refractivity contribution in [2.75, 3.05) is 13.2 Å². The molecule has 24 heavy (non-hydrogen) atoms. The fourth-order valence-corrected chi connectivity index (χ4v) is 3.86. The maximum atomic E-state index is 12.6. The highest BCUT2D eigenvalue weighted by Crippen LogP contribution is 2.46. The number of halogens is 1. The molecule has 2 amide bonds. The van der Waals surface area contributed by atoms with Crippen LogP contribution in [0.2, 0.25) is 5.02 Å². The number of nitrogens with zero attached hydrogens (tertiary/aromatic N) is 1. The van der Waals surface area contributed by atoms with E-state index in [-0.39, 0.29) is 31.6 Å². The lowest BCUT2D eigenvalue weighted by Crippen LogP contribution is -2.40. The Morgan fingerprint density at radius 2 is 1.96 bits per heavy atom. The van der Waals surface area contributed by atoms with E-state index in [0.717, 1.165) is 31.2 Å². The highest BCUT2D eigenvalue weighted by atomic mass is 35.5. The molecule has 1 aromatic carbocycles. The summed E-state index contributed by atoms with van der Waals surface area (Å²) in [4.78, 5) is 25.9. The normalized spacial score (nSPS) is 21.0. The lowest BCUT2D eigenvalue weighted by molar-refractivity contribution is -0.143. The van der Waals surface area contributed by atoms with Crippen molar-refractivity contribution in [1.29, 1.82) is 0 Å². The first kappa shape index (κ1) is 17.4. The Kier molecular flexibility index (Phi) is 5.23. The maximum absolute atomic E-state index is 12.6. The number of hydrogen-bond acceptors (Lipinski definition) is 4. The molecule has 2 aliphatic rings. The zero-order valence-electron chi connectivity index (χ0n) is 13.5. The number of ether oxygens (including phenoxy) is 1. The lowest BCUT2D eigenvalue weighted by Gasteiger charge is -2.22. The molecule has 1 spiro atoms. The number of carbonyl (C=O) groups excluding carboxylic acids is 2. The van der Waals surface area contributed by atoms with Crippen LogP contribution in [-0.4, -0.2) is 41.1 Å². The fraction of sp³-hybridized carbons (Fsp3) is 0.556. The minimum absolute atomic E-state index is 0.00192. The summed E-state index contributed by atoms with van der Waals surface area (Å²) in [5.41, 5.74) is 0.347. The molecule has 1 aromatic rings. The second-order valence-corrected chi connectivity index (χ2v) is 7.14. The molecule has 6 heteroatoms. The van der Waals surface area contributed by atoms with E-state index in [1.807, 2.05) is 18.2 Å². The molecule has 1 N–H and O–H groups in total. The monoisotopic (exact) mass is 351 g/mol. The van der Waals surface area contributed by atoms with Crippen LogP contribution < -0.4 is 0 Å². The summed E-state index contributed by atoms with van der Waals surface area (Å²) in [6.45, 7) is 0.333. The Morgan fingerprint density at radius 1 is 1.25 bits per heavy atom. The van der Waals surface area contributed by atoms with Crippen molar-refractivity contribution in [3.05, 3.63) is 34.9 Å². The van der Waals surface area contributed by atoms with Crippen molar-refractivity contribution in [3.63, 3.8) is 0 Å². The average Bonchev–Trinajstić information content (AvgIpc) is 3.11. The molecule has 1 saturated heterocycles. The minimum Gasteiger partial charge on any atom is -0.389 e. The maximum Gasteiger partial charge on any atom is 0.235 e. The smallest absolute Gasteiger partial charge is 0.235 e. The molecule has 3 rings (SSSR count). The van der Waals surface area contributed by atoms with Gasteiger partial charge in [-0.3, -0.25) is 14.5 Å². The number of carbonyl (C=O) groups is 2. The van der Waals surface area contributed by atoms with Gasteiger partial charge in [-0.15, -0.1) is 0 Å². The van der Waals surface area contributed by atoms with Crippen LogP contribution in [0.25, 0.3) is 0 Å². The van der Waals surface area contributed by atoms with Gasteiger partial charge < -0.3 is 9.84 Å². The SMILES string of the molecule is O=C1CC2(CCCC2)C(=O)N1C[C@H](O)COCc1ccccc1Cl. The summed E-state index contributed by atoms with van der Waals surface area (Å²) in [7, 11) is 0. The Balaban J connectivity index is 1.50. The van der Waals surface area contributed by atoms with Gasteiger partial charge >= 0.3 is 0 Å². The third-order valence-electron chi connectivity index (χ3n) is 4.97. The molecule has 2 fully saturated rings. The quantitative estimate of drug-likeness (QED) is 0.800. The van der Waals surface area contributed by atoms with Crippen LogP contribution in [0.1, 0.15) is 37.7 Å². The number of β-amino-alcohol motifs (C(OH)–C–C–N with tert-alkyl or cyclic N) is 1. The van der Waals surface area contributed by atoms with E-state index in [4.69, 9.17) is 16.3 Å². The standard InChI is InChI=1S/C18H22ClNO4/c19-15-6-2-1-5-13(15)11-24-12-14(21)10-20-16(22)9-18(17(20)23)7-3-4-8-18/h1-2,5-6,14,21H,3-4,7-12H2/t14-/m0/s1. The molecular formula is C18H22ClNO4. The third kappa shape index (κ3) is 3.48. The molecule has 130 valence electrons. The summed E-state index contributed by atoms with van der Waals surface area (Å²) in [6, 6.07) is 7.33. The highest BCUT2D eigenvalue weighted by molar-refractivity contribution is 6.31. The van der Waals surface area contributed by atoms with Gasteiger partial charge in [0.1, 0.15) is 0 Å². The largest absolute Gasteiger partial charge is 0.389 e. The van der Waals surface area contributed by atoms with Crippen LogP contribution in [-0.2, 0) is 20.9 Å². The second kappa shape index (κ2) is 7.21. The predicted octanol–water partition coefficient (Wildman–Crippen LogP) is 2.54. The molecular weight excluding hydrogens is 330 g/mol. The summed E-state index contributed by atoms with van der Waals surface area (Å²) in [5, 5.41) is 10.7. The fourth-order valence-electron chi connectivity index (χ4n) is 3.67. The molecule has 0 bridgehead atoms. The number of likely N-dealkylation sites (tertiary alicyclic amines) is 1. The van der Waals surface area contributed by atoms with Crippen molar-refractivity contribution >= 4 is 23.4 Å². The number of imide groups is 1. The topological polar surface area (TPSA) is 66.8 Å². The van der Waals surface area contributed by atoms with Crippen molar-refractivity contribution in [2.45, 2.75) is 44.8 Å². The number of hydrogen-bond donors (Lipinski definition) is 1. The first-order valence-corrected chi connectivity index (χ1v) is 8.74. The van der Waals surface area contributed by atoms with E-state index >= 15 is 0 Å². The molecule has 1 atom stereocenters. The summed E-state index contributed by atoms with van der Waals surface area (Å²) >= 11 is 6.04. The van der Waals surface area contributed by atoms with Crippen molar-refractivity contribution < 1.29 is 19.4 Å². The Hall–Kier alpha value is -1.43. The zero-order valence-corrected chi connectivity index (χ0v) is 14.3. The number of aliphatic hydroxyl groups excluding tert-OH is 1. The van der Waals surface area contributed by atoms with E-state index in [0.29, 0.717) is 11.4 Å². The molecule has 0 aromatic heterocycles. The summed E-state index contributed by atoms with van der Waals surface area (Å²) in [6.07, 6.45) is 2.96. The number of rotatable bonds is 6. The van der Waals surface area contributed by atoms with Gasteiger partial charge in [0, 0.05) is 11.4 Å². The predicted molar refractivity (Wildman–Crippen MR) is 89.4 cm³/mol. The van der Waals surface area contributed by atoms with Gasteiger partial charge in [0.05, 0.1) is 31.3 Å². The molecule has 0 unspecified atom stereocenters. The van der Waals surface area contributed by atoms with E-state index in [9.17, 15) is 14.7 Å². The zero-order chi connectivity index (χ0) is 17.2. The highest BCUT2D eigenvalue weighted by Gasteiger charge is 2.52. The average molecular weight is 352 g/mol. The van der Waals surface area contributed by atoms with E-state index in [2.05, 4.69) is 0 Å². The third-order valence-corrected chi connectivity index (χ3v) is 5.34. The second-order valence-electron chi connectivity index (χ2n) is 6.73. The number of amides is 2. The molecule has 1 aliphatic carbocycles. The number of benzene rings is 1. The van der Waals surface area contributed by atoms with Gasteiger partial charge in [-0.25, -0.2) is 0 Å². The molecule has 1 aliphatic heterocycles. The van der Waals surface area contributed by atoms with Gasteiger partial charge in [-0.05, 0) is 24.5 Å². The van der Waals surface area contributed by atoms with Crippen LogP contribution in [0.4, 0.5) is 0 Å². The van der Waals surface area contributed by atoms with Gasteiger partial charge in [0.2, 0.25) is 11.8 Å². The molecule has 1 heterocycles. The van der Waals surface area contributed by atoms with Gasteiger partial charge in [0.15, 0.2) is 0 Å². The molecule has 5 nitrogen and oxygen atoms in total. The molecule has 1 saturated carbocycles. The van der Waals surface area contributed by atoms with Crippen LogP contribution in [0.15, 0.2) is 24.3 Å². The van der Waals surface area contributed by atoms with Crippen molar-refractivity contribution in [2.24, 2.45) is 5.41 Å². The van der Waals surface area contributed by atoms with E-state index in [1.54, 1.807) is 6.07 Å². The number of aliphatic hydroxyl groups is 1. The summed E-state index contributed by atoms with van der Waals surface area (Å²) in [5.74, 6) is -0.290. The first-order valence-electron chi connectivity index (χ1n) is 8.36. The minimum atomic E-state index is -0.892. The van der Waals surface area contributed by atoms with Gasteiger partial charge in [0.25, 0.3) is 0 Å². The van der Waals surface area contributed by atoms with E-state index < -0.39 is 11.5 Å². The Morgan fingerprint density at radius 3 is 2.67 bits per heavy atom. The first-order chi connectivity index (χ1) is 11.5.